The number of carboxylic acid groups (broad SMARTS) is 1. The number of benzene rings is 1. The minimum Gasteiger partial charge on any atom is -0.504 e. The van der Waals surface area contributed by atoms with Crippen LogP contribution in [0.5, 0.6) is 11.5 Å². The van der Waals surface area contributed by atoms with Gasteiger partial charge in [-0.3, -0.25) is 4.79 Å². The zero-order valence-corrected chi connectivity index (χ0v) is 6.74. The summed E-state index contributed by atoms with van der Waals surface area (Å²) in [6.45, 7) is 0. The third-order valence-corrected chi connectivity index (χ3v) is 1.49. The first kappa shape index (κ1) is 6.77. The first-order valence-electron chi connectivity index (χ1n) is 4.66. The Morgan fingerprint density at radius 3 is 2.77 bits per heavy atom. The maximum absolute atomic E-state index is 10.3. The zero-order chi connectivity index (χ0) is 11.6. The van der Waals surface area contributed by atoms with E-state index in [-0.39, 0.29) is 30.5 Å². The van der Waals surface area contributed by atoms with Crippen molar-refractivity contribution in [3.05, 3.63) is 23.7 Å². The minimum atomic E-state index is -1.02. The number of aryl methyl sites for hydroxylation is 1. The van der Waals surface area contributed by atoms with Gasteiger partial charge in [-0.25, -0.2) is 0 Å². The number of aromatic hydroxyl groups is 2. The van der Waals surface area contributed by atoms with Crippen LogP contribution in [0.3, 0.4) is 0 Å². The molecule has 1 rings (SSSR count). The molecule has 4 nitrogen and oxygen atoms in total. The molecular weight excluding hydrogens is 172 g/mol. The van der Waals surface area contributed by atoms with E-state index in [0.717, 1.165) is 0 Å². The SMILES string of the molecule is [2H]c1cc(CCC(=O)O)c([2H])c(O)c1O. The number of phenols is 2. The highest BCUT2D eigenvalue weighted by molar-refractivity contribution is 5.67. The summed E-state index contributed by atoms with van der Waals surface area (Å²) in [6, 6.07) is 0.536. The van der Waals surface area contributed by atoms with Crippen LogP contribution in [-0.2, 0) is 11.2 Å². The van der Waals surface area contributed by atoms with Crippen molar-refractivity contribution in [2.45, 2.75) is 12.8 Å². The second-order valence-corrected chi connectivity index (χ2v) is 2.53. The fraction of sp³-hybridized carbons (Fsp3) is 0.222. The summed E-state index contributed by atoms with van der Waals surface area (Å²) < 4.78 is 14.6. The molecule has 0 saturated heterocycles. The predicted molar refractivity (Wildman–Crippen MR) is 45.7 cm³/mol. The maximum atomic E-state index is 10.3. The summed E-state index contributed by atoms with van der Waals surface area (Å²) in [4.78, 5) is 10.3. The molecule has 0 aromatic heterocycles. The van der Waals surface area contributed by atoms with Gasteiger partial charge in [0.05, 0.1) is 2.74 Å². The highest BCUT2D eigenvalue weighted by atomic mass is 16.4. The molecule has 0 spiro atoms. The summed E-state index contributed by atoms with van der Waals surface area (Å²) in [5.41, 5.74) is 0.234. The predicted octanol–water partition coefficient (Wildman–Crippen LogP) is 1.11. The van der Waals surface area contributed by atoms with E-state index in [2.05, 4.69) is 0 Å². The van der Waals surface area contributed by atoms with E-state index in [4.69, 9.17) is 13.0 Å². The van der Waals surface area contributed by atoms with Crippen LogP contribution in [0.15, 0.2) is 18.2 Å². The molecule has 13 heavy (non-hydrogen) atoms. The van der Waals surface area contributed by atoms with Crippen LogP contribution in [0.2, 0.25) is 0 Å². The molecular formula is C9H10O4. The molecule has 0 fully saturated rings. The largest absolute Gasteiger partial charge is 0.504 e. The van der Waals surface area contributed by atoms with Crippen LogP contribution in [0, 0.1) is 0 Å². The van der Waals surface area contributed by atoms with Crippen molar-refractivity contribution in [3.8, 4) is 11.5 Å². The molecule has 1 aromatic carbocycles. The number of carboxylic acids is 1. The van der Waals surface area contributed by atoms with Gasteiger partial charge in [-0.1, -0.05) is 6.07 Å². The summed E-state index contributed by atoms with van der Waals surface area (Å²) >= 11 is 0. The van der Waals surface area contributed by atoms with E-state index in [1.807, 2.05) is 0 Å². The lowest BCUT2D eigenvalue weighted by Gasteiger charge is -2.01. The van der Waals surface area contributed by atoms with Gasteiger partial charge in [0.1, 0.15) is 0 Å². The van der Waals surface area contributed by atoms with Gasteiger partial charge in [0, 0.05) is 6.42 Å². The Morgan fingerprint density at radius 2 is 2.15 bits per heavy atom. The van der Waals surface area contributed by atoms with Crippen molar-refractivity contribution in [1.29, 1.82) is 0 Å². The van der Waals surface area contributed by atoms with Crippen LogP contribution in [0.1, 0.15) is 14.7 Å². The minimum absolute atomic E-state index is 0.0495. The summed E-state index contributed by atoms with van der Waals surface area (Å²) in [5, 5.41) is 26.8. The van der Waals surface area contributed by atoms with Crippen molar-refractivity contribution in [3.63, 3.8) is 0 Å². The van der Waals surface area contributed by atoms with Crippen molar-refractivity contribution in [2.75, 3.05) is 0 Å². The molecule has 0 heterocycles. The summed E-state index contributed by atoms with van der Waals surface area (Å²) in [6.07, 6.45) is -0.135. The lowest BCUT2D eigenvalue weighted by molar-refractivity contribution is -0.136. The van der Waals surface area contributed by atoms with Crippen LogP contribution < -0.4 is 0 Å². The fourth-order valence-electron chi connectivity index (χ4n) is 0.847. The smallest absolute Gasteiger partial charge is 0.303 e. The standard InChI is InChI=1S/C9H10O4/c10-7-3-1-6(5-8(7)11)2-4-9(12)13/h1,3,5,10-11H,2,4H2,(H,12,13)/i3D,5D. The van der Waals surface area contributed by atoms with Crippen molar-refractivity contribution >= 4 is 5.97 Å². The lowest BCUT2D eigenvalue weighted by atomic mass is 10.1. The van der Waals surface area contributed by atoms with Crippen molar-refractivity contribution in [2.24, 2.45) is 0 Å². The van der Waals surface area contributed by atoms with E-state index in [0.29, 0.717) is 0 Å². The van der Waals surface area contributed by atoms with Gasteiger partial charge in [-0.2, -0.15) is 0 Å². The molecule has 0 atom stereocenters. The summed E-state index contributed by atoms with van der Waals surface area (Å²) in [7, 11) is 0. The second-order valence-electron chi connectivity index (χ2n) is 2.53. The Balaban J connectivity index is 3.04. The number of aliphatic carboxylic acids is 1. The molecule has 0 radical (unpaired) electrons. The van der Waals surface area contributed by atoms with Gasteiger partial charge in [-0.05, 0) is 24.1 Å². The molecule has 3 N–H and O–H groups in total. The average molecular weight is 184 g/mol. The molecule has 0 aliphatic carbocycles. The molecule has 0 bridgehead atoms. The van der Waals surface area contributed by atoms with Gasteiger partial charge >= 0.3 is 5.97 Å². The first-order valence-corrected chi connectivity index (χ1v) is 3.66. The quantitative estimate of drug-likeness (QED) is 0.615. The molecule has 0 aliphatic rings. The Bertz CT molecular complexity index is 404. The maximum Gasteiger partial charge on any atom is 0.303 e. The van der Waals surface area contributed by atoms with Gasteiger partial charge in [0.25, 0.3) is 0 Å². The van der Waals surface area contributed by atoms with Crippen molar-refractivity contribution < 1.29 is 22.9 Å². The normalized spacial score (nSPS) is 12.0. The van der Waals surface area contributed by atoms with Gasteiger partial charge < -0.3 is 15.3 Å². The molecule has 0 aliphatic heterocycles. The number of hydrogen-bond donors (Lipinski definition) is 3. The van der Waals surface area contributed by atoms with Gasteiger partial charge in [0.15, 0.2) is 11.5 Å². The van der Waals surface area contributed by atoms with Crippen LogP contribution in [-0.4, -0.2) is 21.3 Å². The second kappa shape index (κ2) is 3.80. The van der Waals surface area contributed by atoms with Crippen LogP contribution >= 0.6 is 0 Å². The molecule has 0 amide bonds. The van der Waals surface area contributed by atoms with E-state index >= 15 is 0 Å². The fourth-order valence-corrected chi connectivity index (χ4v) is 0.847. The molecule has 4 heteroatoms. The molecule has 70 valence electrons. The molecule has 1 aromatic rings. The third kappa shape index (κ3) is 2.66. The van der Waals surface area contributed by atoms with E-state index in [1.54, 1.807) is 0 Å². The molecule has 0 unspecified atom stereocenters. The third-order valence-electron chi connectivity index (χ3n) is 1.49. The zero-order valence-electron chi connectivity index (χ0n) is 8.74. The van der Waals surface area contributed by atoms with E-state index in [9.17, 15) is 9.90 Å². The number of rotatable bonds is 3. The van der Waals surface area contributed by atoms with Gasteiger partial charge in [0.2, 0.25) is 0 Å². The topological polar surface area (TPSA) is 77.8 Å². The highest BCUT2D eigenvalue weighted by Crippen LogP contribution is 2.25. The monoisotopic (exact) mass is 184 g/mol. The van der Waals surface area contributed by atoms with Crippen LogP contribution in [0.25, 0.3) is 0 Å². The van der Waals surface area contributed by atoms with Gasteiger partial charge in [-0.15, -0.1) is 0 Å². The Morgan fingerprint density at radius 1 is 1.46 bits per heavy atom. The average Bonchev–Trinajstić information content (AvgIpc) is 2.18. The Kier molecular flexibility index (Phi) is 1.98. The number of hydrogen-bond acceptors (Lipinski definition) is 3. The Labute approximate surface area is 77.9 Å². The first-order chi connectivity index (χ1) is 6.93. The number of phenolic OH excluding ortho intramolecular Hbond substituents is 2. The Hall–Kier alpha value is -1.71. The van der Waals surface area contributed by atoms with Crippen LogP contribution in [0.4, 0.5) is 0 Å². The van der Waals surface area contributed by atoms with E-state index in [1.165, 1.54) is 6.07 Å². The summed E-state index contributed by atoms with van der Waals surface area (Å²) in [5.74, 6) is -2.35. The number of carbonyl (C=O) groups is 1. The van der Waals surface area contributed by atoms with E-state index < -0.39 is 17.5 Å². The molecule has 0 saturated carbocycles. The lowest BCUT2D eigenvalue weighted by Crippen LogP contribution is -1.96. The van der Waals surface area contributed by atoms with Crippen molar-refractivity contribution in [1.82, 2.24) is 0 Å². The highest BCUT2D eigenvalue weighted by Gasteiger charge is 2.02.